The van der Waals surface area contributed by atoms with Crippen LogP contribution in [0.5, 0.6) is 0 Å². The predicted molar refractivity (Wildman–Crippen MR) is 90.5 cm³/mol. The lowest BCUT2D eigenvalue weighted by Gasteiger charge is -2.15. The molecule has 0 saturated carbocycles. The Morgan fingerprint density at radius 1 is 1.46 bits per heavy atom. The van der Waals surface area contributed by atoms with Gasteiger partial charge in [-0.1, -0.05) is 0 Å². The first kappa shape index (κ1) is 17.9. The minimum absolute atomic E-state index is 0.0706. The molecule has 24 heavy (non-hydrogen) atoms. The first-order chi connectivity index (χ1) is 11.6. The second-order valence-electron chi connectivity index (χ2n) is 5.13. The van der Waals surface area contributed by atoms with Crippen molar-refractivity contribution < 1.29 is 9.59 Å². The average molecular weight is 393 g/mol. The van der Waals surface area contributed by atoms with Gasteiger partial charge in [-0.15, -0.1) is 0 Å². The summed E-state index contributed by atoms with van der Waals surface area (Å²) in [7, 11) is 0. The Labute approximate surface area is 148 Å². The number of hydrogen-bond acceptors (Lipinski definition) is 6. The summed E-state index contributed by atoms with van der Waals surface area (Å²) in [5.74, 6) is -0.0289. The number of halogens is 1. The fourth-order valence-corrected chi connectivity index (χ4v) is 2.38. The van der Waals surface area contributed by atoms with Crippen molar-refractivity contribution in [2.75, 3.05) is 25.0 Å². The highest BCUT2D eigenvalue weighted by molar-refractivity contribution is 9.10. The van der Waals surface area contributed by atoms with Gasteiger partial charge >= 0.3 is 0 Å². The Morgan fingerprint density at radius 2 is 2.21 bits per heavy atom. The van der Waals surface area contributed by atoms with E-state index in [1.807, 2.05) is 6.07 Å². The highest BCUT2D eigenvalue weighted by atomic mass is 79.9. The highest BCUT2D eigenvalue weighted by Gasteiger charge is 2.19. The number of carbonyl (C=O) groups is 2. The van der Waals surface area contributed by atoms with Gasteiger partial charge < -0.3 is 15.5 Å². The van der Waals surface area contributed by atoms with E-state index in [0.717, 1.165) is 17.4 Å². The normalized spacial score (nSPS) is 14.4. The first-order valence-electron chi connectivity index (χ1n) is 7.50. The lowest BCUT2D eigenvalue weighted by Crippen LogP contribution is -2.31. The van der Waals surface area contributed by atoms with Gasteiger partial charge in [0, 0.05) is 44.6 Å². The van der Waals surface area contributed by atoms with Crippen molar-refractivity contribution in [3.8, 4) is 6.07 Å². The van der Waals surface area contributed by atoms with Crippen molar-refractivity contribution in [2.45, 2.75) is 19.3 Å². The van der Waals surface area contributed by atoms with Gasteiger partial charge in [0.1, 0.15) is 11.6 Å². The van der Waals surface area contributed by atoms with Crippen molar-refractivity contribution in [2.24, 2.45) is 0 Å². The zero-order chi connectivity index (χ0) is 17.4. The van der Waals surface area contributed by atoms with Crippen LogP contribution in [0.2, 0.25) is 0 Å². The molecule has 1 aliphatic heterocycles. The minimum atomic E-state index is -0.477. The van der Waals surface area contributed by atoms with Crippen LogP contribution in [0.4, 0.5) is 5.95 Å². The van der Waals surface area contributed by atoms with Crippen LogP contribution >= 0.6 is 15.9 Å². The van der Waals surface area contributed by atoms with Crippen molar-refractivity contribution >= 4 is 33.7 Å². The van der Waals surface area contributed by atoms with Crippen LogP contribution in [0, 0.1) is 11.3 Å². The van der Waals surface area contributed by atoms with Crippen molar-refractivity contribution in [3.63, 3.8) is 0 Å². The van der Waals surface area contributed by atoms with Crippen LogP contribution in [0.25, 0.3) is 0 Å². The largest absolute Gasteiger partial charge is 0.351 e. The zero-order valence-electron chi connectivity index (χ0n) is 13.0. The van der Waals surface area contributed by atoms with Gasteiger partial charge in [-0.25, -0.2) is 9.97 Å². The molecule has 0 radical (unpaired) electrons. The van der Waals surface area contributed by atoms with Crippen LogP contribution in [-0.2, 0) is 9.59 Å². The van der Waals surface area contributed by atoms with Crippen molar-refractivity contribution in [1.29, 1.82) is 5.26 Å². The quantitative estimate of drug-likeness (QED) is 0.409. The third-order valence-electron chi connectivity index (χ3n) is 3.39. The van der Waals surface area contributed by atoms with Crippen molar-refractivity contribution in [1.82, 2.24) is 20.2 Å². The molecule has 1 aromatic heterocycles. The summed E-state index contributed by atoms with van der Waals surface area (Å²) in [6.07, 6.45) is 6.53. The van der Waals surface area contributed by atoms with E-state index in [4.69, 9.17) is 5.26 Å². The maximum Gasteiger partial charge on any atom is 0.263 e. The number of hydrogen-bond donors (Lipinski definition) is 2. The molecule has 126 valence electrons. The number of nitrogens with one attached hydrogen (secondary N) is 2. The minimum Gasteiger partial charge on any atom is -0.351 e. The Hall–Kier alpha value is -2.47. The van der Waals surface area contributed by atoms with E-state index in [0.29, 0.717) is 25.9 Å². The molecular weight excluding hydrogens is 376 g/mol. The molecule has 2 heterocycles. The van der Waals surface area contributed by atoms with Crippen molar-refractivity contribution in [3.05, 3.63) is 28.6 Å². The molecule has 2 rings (SSSR count). The number of nitriles is 1. The second-order valence-corrected chi connectivity index (χ2v) is 6.05. The van der Waals surface area contributed by atoms with Crippen LogP contribution in [-0.4, -0.2) is 46.3 Å². The number of amides is 2. The molecule has 8 nitrogen and oxygen atoms in total. The Kier molecular flexibility index (Phi) is 6.69. The number of likely N-dealkylation sites (tertiary alicyclic amines) is 1. The number of nitrogens with zero attached hydrogens (tertiary/aromatic N) is 4. The zero-order valence-corrected chi connectivity index (χ0v) is 14.5. The van der Waals surface area contributed by atoms with E-state index < -0.39 is 5.91 Å². The topological polar surface area (TPSA) is 111 Å². The molecule has 1 fully saturated rings. The first-order valence-corrected chi connectivity index (χ1v) is 8.30. The van der Waals surface area contributed by atoms with E-state index in [1.54, 1.807) is 17.3 Å². The SMILES string of the molecule is N#C/C(=C/Nc1ncc(Br)cn1)C(=O)NCCCN1CCCC1=O. The second kappa shape index (κ2) is 8.98. The van der Waals surface area contributed by atoms with E-state index in [-0.39, 0.29) is 17.4 Å². The summed E-state index contributed by atoms with van der Waals surface area (Å²) in [5, 5.41) is 14.4. The molecule has 1 aliphatic rings. The van der Waals surface area contributed by atoms with Gasteiger partial charge in [-0.2, -0.15) is 5.26 Å². The van der Waals surface area contributed by atoms with Crippen LogP contribution in [0.3, 0.4) is 0 Å². The lowest BCUT2D eigenvalue weighted by atomic mass is 10.3. The molecule has 0 spiro atoms. The number of rotatable bonds is 7. The molecular formula is C15H17BrN6O2. The maximum absolute atomic E-state index is 11.9. The summed E-state index contributed by atoms with van der Waals surface area (Å²) < 4.78 is 0.728. The standard InChI is InChI=1S/C15H17BrN6O2/c16-12-9-20-15(21-10-12)19-8-11(7-17)14(24)18-4-2-6-22-5-1-3-13(22)23/h8-10H,1-6H2,(H,18,24)(H,19,20,21)/b11-8-. The van der Waals surface area contributed by atoms with Gasteiger partial charge in [-0.3, -0.25) is 9.59 Å². The van der Waals surface area contributed by atoms with E-state index in [1.165, 1.54) is 6.20 Å². The summed E-state index contributed by atoms with van der Waals surface area (Å²) in [6, 6.07) is 1.83. The number of anilines is 1. The molecule has 0 atom stereocenters. The van der Waals surface area contributed by atoms with Crippen LogP contribution in [0.1, 0.15) is 19.3 Å². The van der Waals surface area contributed by atoms with E-state index in [2.05, 4.69) is 36.5 Å². The average Bonchev–Trinajstić information content (AvgIpc) is 2.99. The summed E-state index contributed by atoms with van der Waals surface area (Å²) in [4.78, 5) is 33.1. The van der Waals surface area contributed by atoms with E-state index >= 15 is 0 Å². The Morgan fingerprint density at radius 3 is 2.83 bits per heavy atom. The molecule has 9 heteroatoms. The summed E-state index contributed by atoms with van der Waals surface area (Å²) in [6.45, 7) is 1.80. The monoisotopic (exact) mass is 392 g/mol. The molecule has 2 amide bonds. The summed E-state index contributed by atoms with van der Waals surface area (Å²) in [5.41, 5.74) is -0.0706. The molecule has 2 N–H and O–H groups in total. The molecule has 0 unspecified atom stereocenters. The van der Waals surface area contributed by atoms with Gasteiger partial charge in [0.15, 0.2) is 0 Å². The molecule has 0 aliphatic carbocycles. The fraction of sp³-hybridized carbons (Fsp3) is 0.400. The van der Waals surface area contributed by atoms with E-state index in [9.17, 15) is 9.59 Å². The Bertz CT molecular complexity index is 668. The smallest absolute Gasteiger partial charge is 0.263 e. The molecule has 1 saturated heterocycles. The molecule has 0 aromatic carbocycles. The van der Waals surface area contributed by atoms with Gasteiger partial charge in [0.2, 0.25) is 11.9 Å². The fourth-order valence-electron chi connectivity index (χ4n) is 2.18. The predicted octanol–water partition coefficient (Wildman–Crippen LogP) is 1.19. The number of aromatic nitrogens is 2. The molecule has 0 bridgehead atoms. The Balaban J connectivity index is 1.76. The van der Waals surface area contributed by atoms with Crippen LogP contribution in [0.15, 0.2) is 28.6 Å². The summed E-state index contributed by atoms with van der Waals surface area (Å²) >= 11 is 3.22. The molecule has 1 aromatic rings. The third kappa shape index (κ3) is 5.31. The van der Waals surface area contributed by atoms with Crippen LogP contribution < -0.4 is 10.6 Å². The van der Waals surface area contributed by atoms with Gasteiger partial charge in [0.25, 0.3) is 5.91 Å². The number of carbonyl (C=O) groups excluding carboxylic acids is 2. The third-order valence-corrected chi connectivity index (χ3v) is 3.80. The highest BCUT2D eigenvalue weighted by Crippen LogP contribution is 2.09. The lowest BCUT2D eigenvalue weighted by molar-refractivity contribution is -0.127. The maximum atomic E-state index is 11.9. The van der Waals surface area contributed by atoms with Gasteiger partial charge in [0.05, 0.1) is 4.47 Å². The van der Waals surface area contributed by atoms with Gasteiger partial charge in [-0.05, 0) is 28.8 Å².